The molecule has 0 radical (unpaired) electrons. The van der Waals surface area contributed by atoms with Crippen LogP contribution in [0.1, 0.15) is 178 Å². The summed E-state index contributed by atoms with van der Waals surface area (Å²) in [5.41, 5.74) is 1.28. The molecule has 6 aliphatic rings. The van der Waals surface area contributed by atoms with E-state index in [1.54, 1.807) is 54.9 Å². The molecule has 4 saturated heterocycles. The van der Waals surface area contributed by atoms with Crippen LogP contribution >= 0.6 is 0 Å². The highest BCUT2D eigenvalue weighted by molar-refractivity contribution is 6.39. The third-order valence-corrected chi connectivity index (χ3v) is 19.1. The van der Waals surface area contributed by atoms with Crippen LogP contribution in [-0.4, -0.2) is 139 Å². The number of hydrogen-bond donors (Lipinski definition) is 2. The molecule has 1 aromatic rings. The standard InChI is InChI=1S/C64H93NO15.C5H10O/c1-38-18-14-13-15-19-39(2)40(3)33-50-25-21-45(8)64(73,80-50)58(69)59(70)65-29-17-16-20-51(65)60(71)78-54(35-52(66)41(4)31-44(7)57(68)46(9)56(67)43(6)30-38)42(5)32-47-22-28-53(55(34-47)75-12)79-62(72)63(10)36-76-61(77-37-63)48-23-26-49(74-11)27-24-48;1-5-3-2-4-6-5/h13-15,18-19,23-24,26-27,31,38,40-43,45-47,50-51,53-55,57,61,68,73H,16-17,20-22,25,28-30,32-37H2,1-12H3;5H,2-4H2,1H3/b15-13+,18-14+,39-19+,44-31+;/t38-,40+,41-,42-,43-,45-,46+,47+,50+,51+,53-,54+,55-,57-,61?,63?,64-;/m1./s1. The molecule has 1 unspecified atom stereocenters. The Hall–Kier alpha value is -4.88. The van der Waals surface area contributed by atoms with E-state index >= 15 is 0 Å². The summed E-state index contributed by atoms with van der Waals surface area (Å²) in [4.78, 5) is 86.6. The first kappa shape index (κ1) is 70.2. The highest BCUT2D eigenvalue weighted by atomic mass is 16.7. The third kappa shape index (κ3) is 18.8. The lowest BCUT2D eigenvalue weighted by Gasteiger charge is -2.42. The maximum absolute atomic E-state index is 14.7. The van der Waals surface area contributed by atoms with Gasteiger partial charge in [0.2, 0.25) is 5.79 Å². The van der Waals surface area contributed by atoms with E-state index in [1.807, 2.05) is 82.3 Å². The zero-order chi connectivity index (χ0) is 63.0. The van der Waals surface area contributed by atoms with Crippen molar-refractivity contribution in [2.75, 3.05) is 40.6 Å². The molecular formula is C69H103NO16. The molecule has 480 valence electrons. The molecule has 0 spiro atoms. The molecule has 5 fully saturated rings. The molecule has 1 aliphatic carbocycles. The Morgan fingerprint density at radius 2 is 1.50 bits per heavy atom. The summed E-state index contributed by atoms with van der Waals surface area (Å²) in [5, 5.41) is 23.6. The first-order chi connectivity index (χ1) is 40.8. The smallest absolute Gasteiger partial charge is 0.329 e. The molecule has 5 aliphatic heterocycles. The first-order valence-corrected chi connectivity index (χ1v) is 31.9. The normalized spacial score (nSPS) is 38.5. The van der Waals surface area contributed by atoms with Crippen LogP contribution in [0.2, 0.25) is 0 Å². The fourth-order valence-corrected chi connectivity index (χ4v) is 12.9. The van der Waals surface area contributed by atoms with Gasteiger partial charge in [0.05, 0.1) is 44.7 Å². The summed E-state index contributed by atoms with van der Waals surface area (Å²) in [6, 6.07) is 6.18. The van der Waals surface area contributed by atoms with Gasteiger partial charge in [-0.1, -0.05) is 103 Å². The van der Waals surface area contributed by atoms with E-state index in [2.05, 4.69) is 13.8 Å². The van der Waals surface area contributed by atoms with Crippen LogP contribution in [0.4, 0.5) is 0 Å². The average Bonchev–Trinajstić information content (AvgIpc) is 1.83. The van der Waals surface area contributed by atoms with Gasteiger partial charge >= 0.3 is 11.9 Å². The molecule has 7 rings (SSSR count). The summed E-state index contributed by atoms with van der Waals surface area (Å²) in [5.74, 6) is -8.16. The number of Topliss-reactive ketones (excluding diaryl/α,β-unsaturated/α-hetero) is 3. The topological polar surface area (TPSA) is 220 Å². The Kier molecular flexibility index (Phi) is 26.6. The number of piperidine rings is 1. The lowest BCUT2D eigenvalue weighted by Crippen LogP contribution is -2.60. The molecule has 1 aromatic carbocycles. The molecule has 1 saturated carbocycles. The number of cyclic esters (lactones) is 1. The van der Waals surface area contributed by atoms with Crippen molar-refractivity contribution >= 4 is 35.2 Å². The van der Waals surface area contributed by atoms with Crippen LogP contribution in [-0.2, 0) is 61.9 Å². The van der Waals surface area contributed by atoms with Crippen LogP contribution < -0.4 is 4.74 Å². The minimum absolute atomic E-state index is 0.0119. The molecule has 1 amide bonds. The van der Waals surface area contributed by atoms with E-state index in [0.29, 0.717) is 81.6 Å². The third-order valence-electron chi connectivity index (χ3n) is 19.1. The quantitative estimate of drug-likeness (QED) is 0.140. The number of carbonyl (C=O) groups is 6. The molecule has 5 heterocycles. The van der Waals surface area contributed by atoms with Crippen LogP contribution in [0.3, 0.4) is 0 Å². The van der Waals surface area contributed by atoms with Gasteiger partial charge < -0.3 is 53.0 Å². The highest BCUT2D eigenvalue weighted by Crippen LogP contribution is 2.40. The van der Waals surface area contributed by atoms with Crippen LogP contribution in [0.15, 0.2) is 71.9 Å². The molecule has 2 N–H and O–H groups in total. The van der Waals surface area contributed by atoms with Crippen LogP contribution in [0.5, 0.6) is 5.75 Å². The molecule has 86 heavy (non-hydrogen) atoms. The molecule has 17 nitrogen and oxygen atoms in total. The molecule has 16 atom stereocenters. The minimum atomic E-state index is -2.40. The van der Waals surface area contributed by atoms with Crippen LogP contribution in [0, 0.1) is 52.8 Å². The van der Waals surface area contributed by atoms with Crippen LogP contribution in [0.25, 0.3) is 0 Å². The predicted octanol–water partition coefficient (Wildman–Crippen LogP) is 10.9. The van der Waals surface area contributed by atoms with Crippen molar-refractivity contribution in [3.63, 3.8) is 0 Å². The number of ketones is 3. The Balaban J connectivity index is 0.00000185. The summed E-state index contributed by atoms with van der Waals surface area (Å²) >= 11 is 0. The second-order valence-electron chi connectivity index (χ2n) is 26.4. The average molecular weight is 1200 g/mol. The maximum Gasteiger partial charge on any atom is 0.329 e. The van der Waals surface area contributed by atoms with Crippen molar-refractivity contribution in [1.82, 2.24) is 4.90 Å². The second kappa shape index (κ2) is 32.6. The van der Waals surface area contributed by atoms with Gasteiger partial charge in [-0.2, -0.15) is 0 Å². The summed E-state index contributed by atoms with van der Waals surface area (Å²) in [6.07, 6.45) is 15.8. The molecule has 17 heteroatoms. The Bertz CT molecular complexity index is 2540. The van der Waals surface area contributed by atoms with E-state index in [-0.39, 0.29) is 67.8 Å². The number of allylic oxidation sites excluding steroid dienone is 7. The first-order valence-electron chi connectivity index (χ1n) is 31.9. The van der Waals surface area contributed by atoms with Crippen molar-refractivity contribution in [1.29, 1.82) is 0 Å². The summed E-state index contributed by atoms with van der Waals surface area (Å²) in [6.45, 7) is 21.9. The van der Waals surface area contributed by atoms with E-state index in [9.17, 15) is 39.0 Å². The predicted molar refractivity (Wildman–Crippen MR) is 326 cm³/mol. The monoisotopic (exact) mass is 1200 g/mol. The lowest BCUT2D eigenvalue weighted by atomic mass is 9.78. The lowest BCUT2D eigenvalue weighted by molar-refractivity contribution is -0.264. The van der Waals surface area contributed by atoms with Crippen molar-refractivity contribution in [3.8, 4) is 5.75 Å². The number of amides is 1. The number of hydrogen-bond acceptors (Lipinski definition) is 16. The number of esters is 2. The SMILES string of the molecule is CC1CCCO1.COc1ccc(C2OCC(C)(C(=O)O[C@@H]3CC[C@@H](C[C@@H](C)[C@@H]4CC(=O)[C@H](C)/C=C(\C)[C@@H](O)[C@@H](C)C(=O)[C@H](C)C[C@H](C)/C=C/C=C/C=C(\C)[C@@H](C)C[C@@H]5CC[C@@H](C)[C@@](O)(O5)C(=O)C(=O)N5CCCC[C@H]5C(=O)O4)C[C@H]3OC)CO2)cc1. The van der Waals surface area contributed by atoms with Crippen molar-refractivity contribution < 1.29 is 76.9 Å². The molecule has 2 bridgehead atoms. The fraction of sp³-hybridized carbons (Fsp3) is 0.710. The van der Waals surface area contributed by atoms with E-state index in [4.69, 9.17) is 37.9 Å². The number of ether oxygens (including phenoxy) is 8. The summed E-state index contributed by atoms with van der Waals surface area (Å²) < 4.78 is 47.2. The Labute approximate surface area is 512 Å². The van der Waals surface area contributed by atoms with Crippen molar-refractivity contribution in [2.24, 2.45) is 52.8 Å². The zero-order valence-corrected chi connectivity index (χ0v) is 53.8. The van der Waals surface area contributed by atoms with Gasteiger partial charge in [-0.05, 0) is 153 Å². The second-order valence-corrected chi connectivity index (χ2v) is 26.4. The van der Waals surface area contributed by atoms with Crippen molar-refractivity contribution in [2.45, 2.75) is 221 Å². The van der Waals surface area contributed by atoms with Gasteiger partial charge in [0.15, 0.2) is 6.29 Å². The number of aliphatic hydroxyl groups excluding tert-OH is 1. The van der Waals surface area contributed by atoms with E-state index in [0.717, 1.165) is 17.7 Å². The van der Waals surface area contributed by atoms with Gasteiger partial charge in [0.25, 0.3) is 11.7 Å². The van der Waals surface area contributed by atoms with Gasteiger partial charge in [0.1, 0.15) is 41.0 Å². The largest absolute Gasteiger partial charge is 0.497 e. The van der Waals surface area contributed by atoms with Gasteiger partial charge in [-0.15, -0.1) is 0 Å². The number of benzene rings is 1. The number of methoxy groups -OCH3 is 2. The van der Waals surface area contributed by atoms with Gasteiger partial charge in [0, 0.05) is 55.9 Å². The number of aliphatic hydroxyl groups is 2. The zero-order valence-electron chi connectivity index (χ0n) is 53.8. The Morgan fingerprint density at radius 1 is 0.791 bits per heavy atom. The minimum Gasteiger partial charge on any atom is -0.497 e. The fourth-order valence-electron chi connectivity index (χ4n) is 12.9. The van der Waals surface area contributed by atoms with E-state index in [1.165, 1.54) is 17.7 Å². The summed E-state index contributed by atoms with van der Waals surface area (Å²) in [7, 11) is 3.17. The Morgan fingerprint density at radius 3 is 2.14 bits per heavy atom. The number of fused-ring (bicyclic) bond motifs is 3. The maximum atomic E-state index is 14.7. The van der Waals surface area contributed by atoms with Crippen molar-refractivity contribution in [3.05, 3.63) is 77.4 Å². The number of nitrogens with zero attached hydrogens (tertiary/aromatic N) is 1. The molecule has 0 aromatic heterocycles. The van der Waals surface area contributed by atoms with Gasteiger partial charge in [-0.3, -0.25) is 24.0 Å². The van der Waals surface area contributed by atoms with Gasteiger partial charge in [-0.25, -0.2) is 4.79 Å². The number of carbonyl (C=O) groups excluding carboxylic acids is 6. The number of rotatable bonds is 8. The van der Waals surface area contributed by atoms with E-state index < -0.39 is 101 Å². The molecular weight excluding hydrogens is 1100 g/mol. The highest BCUT2D eigenvalue weighted by Gasteiger charge is 2.53.